The van der Waals surface area contributed by atoms with E-state index in [1.54, 1.807) is 0 Å². The van der Waals surface area contributed by atoms with Crippen molar-refractivity contribution < 1.29 is 0 Å². The fourth-order valence-electron chi connectivity index (χ4n) is 2.11. The number of aliphatic imine (C=N–C) groups is 1. The van der Waals surface area contributed by atoms with Crippen molar-refractivity contribution in [2.75, 3.05) is 19.6 Å². The number of hydrogen-bond donors (Lipinski definition) is 1. The van der Waals surface area contributed by atoms with E-state index in [0.29, 0.717) is 11.9 Å². The molecule has 0 aromatic rings. The second kappa shape index (κ2) is 9.00. The molecular formula is C13H30IN3. The van der Waals surface area contributed by atoms with Gasteiger partial charge in [-0.15, -0.1) is 24.0 Å². The molecule has 0 aliphatic carbocycles. The number of halogens is 1. The molecule has 0 radical (unpaired) electrons. The van der Waals surface area contributed by atoms with Crippen LogP contribution in [0.1, 0.15) is 48.0 Å². The van der Waals surface area contributed by atoms with Gasteiger partial charge in [0.1, 0.15) is 0 Å². The first kappa shape index (κ1) is 19.3. The topological polar surface area (TPSA) is 41.6 Å². The number of nitrogens with zero attached hydrogens (tertiary/aromatic N) is 2. The molecule has 0 spiro atoms. The summed E-state index contributed by atoms with van der Waals surface area (Å²) in [6.07, 6.45) is 1.18. The maximum absolute atomic E-state index is 5.95. The van der Waals surface area contributed by atoms with Crippen molar-refractivity contribution in [2.45, 2.75) is 48.0 Å². The van der Waals surface area contributed by atoms with Gasteiger partial charge in [-0.25, -0.2) is 0 Å². The summed E-state index contributed by atoms with van der Waals surface area (Å²) in [6.45, 7) is 15.9. The Morgan fingerprint density at radius 2 is 1.71 bits per heavy atom. The summed E-state index contributed by atoms with van der Waals surface area (Å²) in [5.41, 5.74) is 6.19. The molecule has 4 heteroatoms. The van der Waals surface area contributed by atoms with Crippen LogP contribution < -0.4 is 5.73 Å². The number of guanidine groups is 1. The SMILES string of the molecule is CCN(CC)C(N)=NCC(C)(C)CC(C)C.I. The van der Waals surface area contributed by atoms with E-state index in [2.05, 4.69) is 51.4 Å². The third-order valence-electron chi connectivity index (χ3n) is 2.72. The van der Waals surface area contributed by atoms with Crippen molar-refractivity contribution in [1.82, 2.24) is 4.90 Å². The van der Waals surface area contributed by atoms with Crippen LogP contribution in [0.25, 0.3) is 0 Å². The van der Waals surface area contributed by atoms with E-state index in [-0.39, 0.29) is 29.4 Å². The quantitative estimate of drug-likeness (QED) is 0.451. The first-order chi connectivity index (χ1) is 7.32. The molecule has 2 N–H and O–H groups in total. The summed E-state index contributed by atoms with van der Waals surface area (Å²) < 4.78 is 0. The number of nitrogens with two attached hydrogens (primary N) is 1. The molecule has 3 nitrogen and oxygen atoms in total. The maximum atomic E-state index is 5.95. The first-order valence-corrected chi connectivity index (χ1v) is 6.37. The zero-order chi connectivity index (χ0) is 12.8. The average Bonchev–Trinajstić information content (AvgIpc) is 2.15. The Hall–Kier alpha value is 0. The fourth-order valence-corrected chi connectivity index (χ4v) is 2.11. The van der Waals surface area contributed by atoms with Gasteiger partial charge in [-0.1, -0.05) is 27.7 Å². The van der Waals surface area contributed by atoms with Gasteiger partial charge in [-0.05, 0) is 31.6 Å². The Bertz CT molecular complexity index is 221. The second-order valence-electron chi connectivity index (χ2n) is 5.61. The fraction of sp³-hybridized carbons (Fsp3) is 0.923. The summed E-state index contributed by atoms with van der Waals surface area (Å²) in [6, 6.07) is 0. The Labute approximate surface area is 124 Å². The van der Waals surface area contributed by atoms with Crippen LogP contribution in [0.2, 0.25) is 0 Å². The van der Waals surface area contributed by atoms with Gasteiger partial charge in [0.05, 0.1) is 0 Å². The molecule has 0 bridgehead atoms. The van der Waals surface area contributed by atoms with Gasteiger partial charge in [0.2, 0.25) is 0 Å². The molecule has 0 aliphatic rings. The zero-order valence-corrected chi connectivity index (χ0v) is 14.6. The lowest BCUT2D eigenvalue weighted by molar-refractivity contribution is 0.296. The smallest absolute Gasteiger partial charge is 0.191 e. The Kier molecular flexibility index (Phi) is 10.2. The highest BCUT2D eigenvalue weighted by molar-refractivity contribution is 14.0. The van der Waals surface area contributed by atoms with Crippen LogP contribution >= 0.6 is 24.0 Å². The lowest BCUT2D eigenvalue weighted by Gasteiger charge is -2.26. The van der Waals surface area contributed by atoms with Crippen molar-refractivity contribution in [3.05, 3.63) is 0 Å². The first-order valence-electron chi connectivity index (χ1n) is 6.37. The van der Waals surface area contributed by atoms with Crippen LogP contribution in [0.15, 0.2) is 4.99 Å². The van der Waals surface area contributed by atoms with Crippen molar-refractivity contribution in [1.29, 1.82) is 0 Å². The summed E-state index contributed by atoms with van der Waals surface area (Å²) in [5, 5.41) is 0. The van der Waals surface area contributed by atoms with Crippen LogP contribution in [0.4, 0.5) is 0 Å². The highest BCUT2D eigenvalue weighted by Gasteiger charge is 2.19. The van der Waals surface area contributed by atoms with Gasteiger partial charge in [0, 0.05) is 19.6 Å². The molecule has 0 fully saturated rings. The monoisotopic (exact) mass is 355 g/mol. The number of rotatable bonds is 6. The van der Waals surface area contributed by atoms with E-state index < -0.39 is 0 Å². The van der Waals surface area contributed by atoms with Crippen LogP contribution in [0, 0.1) is 11.3 Å². The summed E-state index contributed by atoms with van der Waals surface area (Å²) in [7, 11) is 0. The van der Waals surface area contributed by atoms with Gasteiger partial charge in [-0.3, -0.25) is 4.99 Å². The molecule has 17 heavy (non-hydrogen) atoms. The molecule has 0 saturated heterocycles. The van der Waals surface area contributed by atoms with Gasteiger partial charge >= 0.3 is 0 Å². The van der Waals surface area contributed by atoms with E-state index >= 15 is 0 Å². The Morgan fingerprint density at radius 3 is 2.06 bits per heavy atom. The summed E-state index contributed by atoms with van der Waals surface area (Å²) >= 11 is 0. The minimum absolute atomic E-state index is 0. The van der Waals surface area contributed by atoms with Crippen molar-refractivity contribution >= 4 is 29.9 Å². The van der Waals surface area contributed by atoms with E-state index in [9.17, 15) is 0 Å². The molecule has 104 valence electrons. The van der Waals surface area contributed by atoms with E-state index in [1.165, 1.54) is 6.42 Å². The third-order valence-corrected chi connectivity index (χ3v) is 2.72. The van der Waals surface area contributed by atoms with Gasteiger partial charge in [0.25, 0.3) is 0 Å². The Balaban J connectivity index is 0. The lowest BCUT2D eigenvalue weighted by atomic mass is 9.84. The third kappa shape index (κ3) is 8.69. The van der Waals surface area contributed by atoms with Crippen LogP contribution in [0.3, 0.4) is 0 Å². The zero-order valence-electron chi connectivity index (χ0n) is 12.3. The predicted molar refractivity (Wildman–Crippen MR) is 88.1 cm³/mol. The summed E-state index contributed by atoms with van der Waals surface area (Å²) in [5.74, 6) is 1.39. The van der Waals surface area contributed by atoms with Crippen molar-refractivity contribution in [2.24, 2.45) is 22.1 Å². The molecule has 0 unspecified atom stereocenters. The highest BCUT2D eigenvalue weighted by Crippen LogP contribution is 2.25. The average molecular weight is 355 g/mol. The highest BCUT2D eigenvalue weighted by atomic mass is 127. The molecule has 0 atom stereocenters. The Morgan fingerprint density at radius 1 is 1.24 bits per heavy atom. The van der Waals surface area contributed by atoms with Crippen LogP contribution in [-0.4, -0.2) is 30.5 Å². The maximum Gasteiger partial charge on any atom is 0.191 e. The minimum atomic E-state index is 0. The van der Waals surface area contributed by atoms with Gasteiger partial charge in [-0.2, -0.15) is 0 Å². The van der Waals surface area contributed by atoms with Gasteiger partial charge in [0.15, 0.2) is 5.96 Å². The molecule has 0 aliphatic heterocycles. The lowest BCUT2D eigenvalue weighted by Crippen LogP contribution is -2.38. The molecule has 0 aromatic heterocycles. The standard InChI is InChI=1S/C13H29N3.HI/c1-7-16(8-2)12(14)15-10-13(5,6)9-11(3)4;/h11H,7-10H2,1-6H3,(H2,14,15);1H. The van der Waals surface area contributed by atoms with Crippen LogP contribution in [-0.2, 0) is 0 Å². The second-order valence-corrected chi connectivity index (χ2v) is 5.61. The van der Waals surface area contributed by atoms with Crippen molar-refractivity contribution in [3.63, 3.8) is 0 Å². The largest absolute Gasteiger partial charge is 0.370 e. The van der Waals surface area contributed by atoms with E-state index in [4.69, 9.17) is 5.73 Å². The van der Waals surface area contributed by atoms with E-state index in [1.807, 2.05) is 0 Å². The normalized spacial score (nSPS) is 12.5. The molecule has 0 rings (SSSR count). The predicted octanol–water partition coefficient (Wildman–Crippen LogP) is 3.33. The summed E-state index contributed by atoms with van der Waals surface area (Å²) in [4.78, 5) is 6.60. The van der Waals surface area contributed by atoms with Crippen molar-refractivity contribution in [3.8, 4) is 0 Å². The molecule has 0 saturated carbocycles. The molecule has 0 aromatic carbocycles. The molecule has 0 amide bonds. The molecular weight excluding hydrogens is 325 g/mol. The number of hydrogen-bond acceptors (Lipinski definition) is 1. The van der Waals surface area contributed by atoms with E-state index in [0.717, 1.165) is 19.6 Å². The molecule has 0 heterocycles. The van der Waals surface area contributed by atoms with Gasteiger partial charge < -0.3 is 10.6 Å². The minimum Gasteiger partial charge on any atom is -0.370 e. The van der Waals surface area contributed by atoms with Crippen LogP contribution in [0.5, 0.6) is 0 Å².